The number of hydrogen-bond donors (Lipinski definition) is 3. The van der Waals surface area contributed by atoms with E-state index in [1.54, 1.807) is 12.1 Å². The molecule has 4 N–H and O–H groups in total. The normalized spacial score (nSPS) is 18.6. The predicted octanol–water partition coefficient (Wildman–Crippen LogP) is 2.85. The molecule has 1 aromatic rings. The van der Waals surface area contributed by atoms with Gasteiger partial charge in [0.05, 0.1) is 0 Å². The molecule has 0 aliphatic heterocycles. The monoisotopic (exact) mass is 359 g/mol. The number of hydrogen-bond acceptors (Lipinski definition) is 3. The summed E-state index contributed by atoms with van der Waals surface area (Å²) in [6.07, 6.45) is 6.72. The standard InChI is InChI=1S/C21H33N3O2/c1-3-15(2)19(24-20(25)17-12-8-5-9-13-17)21(26)23-18(14-22)16-10-6-4-7-11-16/h5,8-9,12-13,15-16,18-19H,3-4,6-7,10-11,14,22H2,1-2H3,(H,23,26)(H,24,25). The van der Waals surface area contributed by atoms with E-state index in [0.29, 0.717) is 18.0 Å². The Balaban J connectivity index is 2.04. The third-order valence-electron chi connectivity index (χ3n) is 5.62. The molecule has 0 bridgehead atoms. The molecule has 1 fully saturated rings. The van der Waals surface area contributed by atoms with Gasteiger partial charge in [0.2, 0.25) is 5.91 Å². The first kappa shape index (κ1) is 20.4. The van der Waals surface area contributed by atoms with Crippen molar-refractivity contribution >= 4 is 11.8 Å². The lowest BCUT2D eigenvalue weighted by atomic mass is 9.83. The van der Waals surface area contributed by atoms with E-state index in [1.807, 2.05) is 32.0 Å². The van der Waals surface area contributed by atoms with Gasteiger partial charge < -0.3 is 16.4 Å². The van der Waals surface area contributed by atoms with Gasteiger partial charge in [-0.3, -0.25) is 9.59 Å². The van der Waals surface area contributed by atoms with Gasteiger partial charge in [-0.05, 0) is 36.8 Å². The molecular weight excluding hydrogens is 326 g/mol. The number of carbonyl (C=O) groups excluding carboxylic acids is 2. The van der Waals surface area contributed by atoms with Crippen LogP contribution < -0.4 is 16.4 Å². The van der Waals surface area contributed by atoms with Crippen LogP contribution in [0.5, 0.6) is 0 Å². The molecule has 1 aliphatic rings. The summed E-state index contributed by atoms with van der Waals surface area (Å²) in [5.41, 5.74) is 6.52. The Kier molecular flexibility index (Phi) is 8.10. The van der Waals surface area contributed by atoms with Crippen LogP contribution in [0.15, 0.2) is 30.3 Å². The molecule has 2 amide bonds. The van der Waals surface area contributed by atoms with E-state index in [-0.39, 0.29) is 23.8 Å². The average molecular weight is 360 g/mol. The van der Waals surface area contributed by atoms with Crippen molar-refractivity contribution in [3.8, 4) is 0 Å². The Hall–Kier alpha value is -1.88. The van der Waals surface area contributed by atoms with Gasteiger partial charge in [0.1, 0.15) is 6.04 Å². The zero-order valence-electron chi connectivity index (χ0n) is 16.0. The SMILES string of the molecule is CCC(C)C(NC(=O)c1ccccc1)C(=O)NC(CN)C1CCCCC1. The van der Waals surface area contributed by atoms with Crippen molar-refractivity contribution in [2.45, 2.75) is 64.5 Å². The van der Waals surface area contributed by atoms with E-state index in [4.69, 9.17) is 5.73 Å². The van der Waals surface area contributed by atoms with Crippen LogP contribution in [0.2, 0.25) is 0 Å². The van der Waals surface area contributed by atoms with Crippen LogP contribution in [0.3, 0.4) is 0 Å². The summed E-state index contributed by atoms with van der Waals surface area (Å²) < 4.78 is 0. The summed E-state index contributed by atoms with van der Waals surface area (Å²) in [5, 5.41) is 6.05. The van der Waals surface area contributed by atoms with Gasteiger partial charge in [0.25, 0.3) is 5.91 Å². The highest BCUT2D eigenvalue weighted by Gasteiger charge is 2.30. The van der Waals surface area contributed by atoms with Crippen LogP contribution in [0, 0.1) is 11.8 Å². The van der Waals surface area contributed by atoms with Gasteiger partial charge in [0, 0.05) is 18.2 Å². The summed E-state index contributed by atoms with van der Waals surface area (Å²) in [5.74, 6) is 0.158. The molecule has 2 rings (SSSR count). The van der Waals surface area contributed by atoms with Crippen LogP contribution in [-0.4, -0.2) is 30.4 Å². The van der Waals surface area contributed by atoms with E-state index in [9.17, 15) is 9.59 Å². The third kappa shape index (κ3) is 5.56. The van der Waals surface area contributed by atoms with Crippen LogP contribution in [0.1, 0.15) is 62.7 Å². The lowest BCUT2D eigenvalue weighted by Gasteiger charge is -2.32. The first-order valence-corrected chi connectivity index (χ1v) is 9.93. The maximum absolute atomic E-state index is 12.9. The van der Waals surface area contributed by atoms with E-state index < -0.39 is 6.04 Å². The maximum Gasteiger partial charge on any atom is 0.251 e. The largest absolute Gasteiger partial charge is 0.350 e. The van der Waals surface area contributed by atoms with Gasteiger partial charge in [-0.15, -0.1) is 0 Å². The molecule has 1 aliphatic carbocycles. The topological polar surface area (TPSA) is 84.2 Å². The fourth-order valence-electron chi connectivity index (χ4n) is 3.69. The number of carbonyl (C=O) groups is 2. The fraction of sp³-hybridized carbons (Fsp3) is 0.619. The van der Waals surface area contributed by atoms with Crippen LogP contribution >= 0.6 is 0 Å². The predicted molar refractivity (Wildman–Crippen MR) is 105 cm³/mol. The van der Waals surface area contributed by atoms with Crippen molar-refractivity contribution in [2.24, 2.45) is 17.6 Å². The second-order valence-corrected chi connectivity index (χ2v) is 7.45. The number of nitrogens with two attached hydrogens (primary N) is 1. The van der Waals surface area contributed by atoms with Gasteiger partial charge in [-0.1, -0.05) is 57.7 Å². The van der Waals surface area contributed by atoms with Crippen molar-refractivity contribution in [3.63, 3.8) is 0 Å². The lowest BCUT2D eigenvalue weighted by molar-refractivity contribution is -0.125. The molecule has 144 valence electrons. The van der Waals surface area contributed by atoms with Gasteiger partial charge in [-0.2, -0.15) is 0 Å². The number of amides is 2. The molecule has 0 saturated heterocycles. The second-order valence-electron chi connectivity index (χ2n) is 7.45. The number of rotatable bonds is 8. The second kappa shape index (κ2) is 10.3. The Morgan fingerprint density at radius 3 is 2.35 bits per heavy atom. The van der Waals surface area contributed by atoms with Crippen LogP contribution in [-0.2, 0) is 4.79 Å². The molecule has 1 saturated carbocycles. The minimum atomic E-state index is -0.551. The van der Waals surface area contributed by atoms with Crippen molar-refractivity contribution in [1.82, 2.24) is 10.6 Å². The first-order valence-electron chi connectivity index (χ1n) is 9.93. The highest BCUT2D eigenvalue weighted by atomic mass is 16.2. The summed E-state index contributed by atoms with van der Waals surface area (Å²) >= 11 is 0. The highest BCUT2D eigenvalue weighted by molar-refractivity contribution is 5.97. The van der Waals surface area contributed by atoms with Crippen molar-refractivity contribution in [1.29, 1.82) is 0 Å². The molecule has 0 aromatic heterocycles. The van der Waals surface area contributed by atoms with Crippen LogP contribution in [0.4, 0.5) is 0 Å². The van der Waals surface area contributed by atoms with Crippen molar-refractivity contribution in [3.05, 3.63) is 35.9 Å². The van der Waals surface area contributed by atoms with Crippen molar-refractivity contribution < 1.29 is 9.59 Å². The quantitative estimate of drug-likeness (QED) is 0.667. The molecule has 0 heterocycles. The molecule has 3 atom stereocenters. The molecule has 5 heteroatoms. The Bertz CT molecular complexity index is 570. The van der Waals surface area contributed by atoms with E-state index in [2.05, 4.69) is 10.6 Å². The Morgan fingerprint density at radius 1 is 1.12 bits per heavy atom. The minimum Gasteiger partial charge on any atom is -0.350 e. The van der Waals surface area contributed by atoms with E-state index in [1.165, 1.54) is 19.3 Å². The first-order chi connectivity index (χ1) is 12.6. The smallest absolute Gasteiger partial charge is 0.251 e. The average Bonchev–Trinajstić information content (AvgIpc) is 2.70. The maximum atomic E-state index is 12.9. The zero-order valence-corrected chi connectivity index (χ0v) is 16.0. The Morgan fingerprint density at radius 2 is 1.77 bits per heavy atom. The highest BCUT2D eigenvalue weighted by Crippen LogP contribution is 2.26. The molecule has 0 radical (unpaired) electrons. The summed E-state index contributed by atoms with van der Waals surface area (Å²) in [6.45, 7) is 4.46. The molecule has 3 unspecified atom stereocenters. The van der Waals surface area contributed by atoms with Gasteiger partial charge in [-0.25, -0.2) is 0 Å². The minimum absolute atomic E-state index is 0.0111. The molecule has 1 aromatic carbocycles. The summed E-state index contributed by atoms with van der Waals surface area (Å²) in [7, 11) is 0. The molecule has 26 heavy (non-hydrogen) atoms. The summed E-state index contributed by atoms with van der Waals surface area (Å²) in [4.78, 5) is 25.5. The molecule has 0 spiro atoms. The molecular formula is C21H33N3O2. The van der Waals surface area contributed by atoms with E-state index >= 15 is 0 Å². The zero-order chi connectivity index (χ0) is 18.9. The third-order valence-corrected chi connectivity index (χ3v) is 5.62. The van der Waals surface area contributed by atoms with Crippen LogP contribution in [0.25, 0.3) is 0 Å². The van der Waals surface area contributed by atoms with Gasteiger partial charge >= 0.3 is 0 Å². The number of nitrogens with one attached hydrogen (secondary N) is 2. The summed E-state index contributed by atoms with van der Waals surface area (Å²) in [6, 6.07) is 8.46. The Labute approximate surface area is 157 Å². The molecule has 5 nitrogen and oxygen atoms in total. The van der Waals surface area contributed by atoms with Gasteiger partial charge in [0.15, 0.2) is 0 Å². The van der Waals surface area contributed by atoms with Crippen molar-refractivity contribution in [2.75, 3.05) is 6.54 Å². The lowest BCUT2D eigenvalue weighted by Crippen LogP contribution is -2.55. The number of benzene rings is 1. The fourth-order valence-corrected chi connectivity index (χ4v) is 3.69. The van der Waals surface area contributed by atoms with E-state index in [0.717, 1.165) is 19.3 Å².